The Kier molecular flexibility index (Phi) is 3.66. The normalized spacial score (nSPS) is 21.4. The van der Waals surface area contributed by atoms with Crippen LogP contribution >= 0.6 is 0 Å². The van der Waals surface area contributed by atoms with Crippen molar-refractivity contribution in [1.29, 1.82) is 0 Å². The third-order valence-corrected chi connectivity index (χ3v) is 3.81. The molecule has 0 aromatic heterocycles. The van der Waals surface area contributed by atoms with Gasteiger partial charge in [0.05, 0.1) is 5.41 Å². The third kappa shape index (κ3) is 2.77. The highest BCUT2D eigenvalue weighted by Gasteiger charge is 2.48. The van der Waals surface area contributed by atoms with Crippen LogP contribution in [0.1, 0.15) is 32.1 Å². The molecular formula is C12H21N3O2. The number of nitrogens with zero attached hydrogens (tertiary/aromatic N) is 1. The molecule has 2 amide bonds. The van der Waals surface area contributed by atoms with Crippen LogP contribution in [0.25, 0.3) is 0 Å². The summed E-state index contributed by atoms with van der Waals surface area (Å²) >= 11 is 0. The van der Waals surface area contributed by atoms with Gasteiger partial charge in [0.1, 0.15) is 0 Å². The van der Waals surface area contributed by atoms with Gasteiger partial charge in [0, 0.05) is 32.6 Å². The maximum atomic E-state index is 11.7. The summed E-state index contributed by atoms with van der Waals surface area (Å²) in [5, 5.41) is 2.82. The summed E-state index contributed by atoms with van der Waals surface area (Å²) in [5.74, 6) is 0.176. The first kappa shape index (κ1) is 12.4. The Balaban J connectivity index is 1.65. The van der Waals surface area contributed by atoms with Crippen LogP contribution in [-0.4, -0.2) is 42.9 Å². The van der Waals surface area contributed by atoms with E-state index >= 15 is 0 Å². The molecule has 2 rings (SSSR count). The monoisotopic (exact) mass is 239 g/mol. The van der Waals surface area contributed by atoms with Crippen molar-refractivity contribution in [3.05, 3.63) is 0 Å². The fraction of sp³-hybridized carbons (Fsp3) is 0.833. The minimum Gasteiger partial charge on any atom is -0.355 e. The molecule has 0 unspecified atom stereocenters. The van der Waals surface area contributed by atoms with E-state index < -0.39 is 0 Å². The van der Waals surface area contributed by atoms with Crippen LogP contribution in [0.2, 0.25) is 0 Å². The van der Waals surface area contributed by atoms with Gasteiger partial charge in [-0.25, -0.2) is 0 Å². The van der Waals surface area contributed by atoms with Gasteiger partial charge in [-0.05, 0) is 25.7 Å². The predicted molar refractivity (Wildman–Crippen MR) is 64.2 cm³/mol. The molecule has 0 aromatic rings. The van der Waals surface area contributed by atoms with Gasteiger partial charge in [-0.1, -0.05) is 0 Å². The van der Waals surface area contributed by atoms with Gasteiger partial charge in [-0.3, -0.25) is 9.59 Å². The lowest BCUT2D eigenvalue weighted by Crippen LogP contribution is -2.39. The summed E-state index contributed by atoms with van der Waals surface area (Å²) < 4.78 is 0. The molecule has 17 heavy (non-hydrogen) atoms. The largest absolute Gasteiger partial charge is 0.355 e. The molecule has 96 valence electrons. The van der Waals surface area contributed by atoms with Crippen LogP contribution in [0.5, 0.6) is 0 Å². The Labute approximate surface area is 102 Å². The lowest BCUT2D eigenvalue weighted by Gasteiger charge is -2.16. The molecule has 0 radical (unpaired) electrons. The number of amides is 2. The highest BCUT2D eigenvalue weighted by Crippen LogP contribution is 2.44. The first-order chi connectivity index (χ1) is 8.18. The van der Waals surface area contributed by atoms with E-state index in [1.807, 2.05) is 4.90 Å². The first-order valence-corrected chi connectivity index (χ1v) is 6.44. The summed E-state index contributed by atoms with van der Waals surface area (Å²) in [6, 6.07) is 0. The first-order valence-electron chi connectivity index (χ1n) is 6.44. The molecule has 0 spiro atoms. The standard InChI is InChI=1S/C12H21N3O2/c13-9-12(4-5-12)11(17)14-6-3-10(16)15-7-1-2-8-15/h1-9,13H2,(H,14,17). The van der Waals surface area contributed by atoms with Gasteiger partial charge in [0.25, 0.3) is 0 Å². The molecule has 1 saturated heterocycles. The molecule has 0 atom stereocenters. The number of likely N-dealkylation sites (tertiary alicyclic amines) is 1. The molecule has 3 N–H and O–H groups in total. The molecule has 1 aliphatic carbocycles. The summed E-state index contributed by atoms with van der Waals surface area (Å²) in [5.41, 5.74) is 5.26. The van der Waals surface area contributed by atoms with E-state index in [1.54, 1.807) is 0 Å². The van der Waals surface area contributed by atoms with Crippen LogP contribution < -0.4 is 11.1 Å². The molecule has 0 aromatic carbocycles. The van der Waals surface area contributed by atoms with Gasteiger partial charge < -0.3 is 16.0 Å². The van der Waals surface area contributed by atoms with E-state index in [4.69, 9.17) is 5.73 Å². The predicted octanol–water partition coefficient (Wildman–Crippen LogP) is -0.146. The zero-order valence-corrected chi connectivity index (χ0v) is 10.2. The van der Waals surface area contributed by atoms with Crippen molar-refractivity contribution >= 4 is 11.8 Å². The Morgan fingerprint density at radius 1 is 1.24 bits per heavy atom. The van der Waals surface area contributed by atoms with Crippen molar-refractivity contribution in [2.75, 3.05) is 26.2 Å². The maximum Gasteiger partial charge on any atom is 0.227 e. The van der Waals surface area contributed by atoms with Crippen LogP contribution in [-0.2, 0) is 9.59 Å². The molecule has 2 fully saturated rings. The third-order valence-electron chi connectivity index (χ3n) is 3.81. The summed E-state index contributed by atoms with van der Waals surface area (Å²) in [4.78, 5) is 25.3. The topological polar surface area (TPSA) is 75.4 Å². The highest BCUT2D eigenvalue weighted by molar-refractivity contribution is 5.86. The molecule has 1 aliphatic heterocycles. The van der Waals surface area contributed by atoms with Gasteiger partial charge >= 0.3 is 0 Å². The van der Waals surface area contributed by atoms with Crippen LogP contribution in [0.15, 0.2) is 0 Å². The van der Waals surface area contributed by atoms with Gasteiger partial charge in [-0.15, -0.1) is 0 Å². The van der Waals surface area contributed by atoms with Crippen LogP contribution in [0.4, 0.5) is 0 Å². The van der Waals surface area contributed by atoms with Crippen molar-refractivity contribution in [3.8, 4) is 0 Å². The number of hydrogen-bond donors (Lipinski definition) is 2. The smallest absolute Gasteiger partial charge is 0.227 e. The molecule has 5 nitrogen and oxygen atoms in total. The Hall–Kier alpha value is -1.10. The van der Waals surface area contributed by atoms with E-state index in [0.717, 1.165) is 38.8 Å². The number of nitrogens with one attached hydrogen (secondary N) is 1. The molecule has 1 heterocycles. The van der Waals surface area contributed by atoms with E-state index in [2.05, 4.69) is 5.32 Å². The number of nitrogens with two attached hydrogens (primary N) is 1. The number of rotatable bonds is 5. The van der Waals surface area contributed by atoms with Gasteiger partial charge in [0.2, 0.25) is 11.8 Å². The zero-order valence-electron chi connectivity index (χ0n) is 10.2. The lowest BCUT2D eigenvalue weighted by molar-refractivity contribution is -0.130. The molecule has 1 saturated carbocycles. The summed E-state index contributed by atoms with van der Waals surface area (Å²) in [6.07, 6.45) is 4.39. The Morgan fingerprint density at radius 2 is 1.88 bits per heavy atom. The fourth-order valence-electron chi connectivity index (χ4n) is 2.27. The lowest BCUT2D eigenvalue weighted by atomic mass is 10.1. The zero-order chi connectivity index (χ0) is 12.3. The quantitative estimate of drug-likeness (QED) is 0.701. The van der Waals surface area contributed by atoms with Crippen molar-refractivity contribution < 1.29 is 9.59 Å². The highest BCUT2D eigenvalue weighted by atomic mass is 16.2. The molecule has 0 bridgehead atoms. The van der Waals surface area contributed by atoms with Crippen LogP contribution in [0.3, 0.4) is 0 Å². The number of carbonyl (C=O) groups is 2. The minimum atomic E-state index is -0.309. The minimum absolute atomic E-state index is 0.0224. The van der Waals surface area contributed by atoms with Crippen LogP contribution in [0, 0.1) is 5.41 Å². The van der Waals surface area contributed by atoms with Crippen molar-refractivity contribution in [1.82, 2.24) is 10.2 Å². The molecule has 5 heteroatoms. The second kappa shape index (κ2) is 5.04. The molecular weight excluding hydrogens is 218 g/mol. The number of hydrogen-bond acceptors (Lipinski definition) is 3. The number of carbonyl (C=O) groups excluding carboxylic acids is 2. The van der Waals surface area contributed by atoms with E-state index in [1.165, 1.54) is 0 Å². The summed E-state index contributed by atoms with van der Waals surface area (Å²) in [6.45, 7) is 2.61. The SMILES string of the molecule is NCC1(C(=O)NCCC(=O)N2CCCC2)CC1. The fourth-order valence-corrected chi connectivity index (χ4v) is 2.27. The van der Waals surface area contributed by atoms with Crippen molar-refractivity contribution in [2.45, 2.75) is 32.1 Å². The van der Waals surface area contributed by atoms with Crippen molar-refractivity contribution in [3.63, 3.8) is 0 Å². The van der Waals surface area contributed by atoms with E-state index in [0.29, 0.717) is 19.5 Å². The van der Waals surface area contributed by atoms with Crippen molar-refractivity contribution in [2.24, 2.45) is 11.1 Å². The maximum absolute atomic E-state index is 11.7. The Bertz CT molecular complexity index is 307. The van der Waals surface area contributed by atoms with Gasteiger partial charge in [0.15, 0.2) is 0 Å². The average Bonchev–Trinajstić information content (AvgIpc) is 2.95. The summed E-state index contributed by atoms with van der Waals surface area (Å²) in [7, 11) is 0. The molecule has 2 aliphatic rings. The Morgan fingerprint density at radius 3 is 2.41 bits per heavy atom. The second-order valence-corrected chi connectivity index (χ2v) is 5.08. The van der Waals surface area contributed by atoms with Gasteiger partial charge in [-0.2, -0.15) is 0 Å². The second-order valence-electron chi connectivity index (χ2n) is 5.08. The van der Waals surface area contributed by atoms with E-state index in [9.17, 15) is 9.59 Å². The van der Waals surface area contributed by atoms with E-state index in [-0.39, 0.29) is 17.2 Å². The average molecular weight is 239 g/mol.